The molecule has 0 aliphatic rings. The van der Waals surface area contributed by atoms with Crippen LogP contribution >= 0.6 is 0 Å². The molecular weight excluding hydrogens is 172 g/mol. The minimum Gasteiger partial charge on any atom is -0.325 e. The van der Waals surface area contributed by atoms with Crippen LogP contribution in [0, 0.1) is 0 Å². The number of hydrogen-bond acceptors (Lipinski definition) is 2. The van der Waals surface area contributed by atoms with Gasteiger partial charge >= 0.3 is 0 Å². The maximum absolute atomic E-state index is 6.04. The Balaban J connectivity index is 4.35. The van der Waals surface area contributed by atoms with Gasteiger partial charge in [0.05, 0.1) is 0 Å². The smallest absolute Gasteiger partial charge is 0.0147 e. The number of nitrogens with two attached hydrogens (primary N) is 1. The molecule has 0 radical (unpaired) electrons. The summed E-state index contributed by atoms with van der Waals surface area (Å²) in [6.07, 6.45) is 2.10. The second kappa shape index (κ2) is 4.19. The van der Waals surface area contributed by atoms with Crippen LogP contribution in [-0.2, 0) is 0 Å². The number of hydrogen-bond donors (Lipinski definition) is 2. The molecule has 0 saturated carbocycles. The summed E-state index contributed by atoms with van der Waals surface area (Å²) in [5.74, 6) is 0. The Morgan fingerprint density at radius 2 is 1.36 bits per heavy atom. The van der Waals surface area contributed by atoms with Crippen molar-refractivity contribution in [3.05, 3.63) is 0 Å². The third-order valence-electron chi connectivity index (χ3n) is 2.46. The summed E-state index contributed by atoms with van der Waals surface area (Å²) in [5.41, 5.74) is 6.22. The van der Waals surface area contributed by atoms with Crippen LogP contribution in [-0.4, -0.2) is 16.6 Å². The molecular formula is C12H28N2. The standard InChI is InChI=1S/C12H28N2/c1-8-11(4,5)14-12(6,7)9-10(2,3)13/h14H,8-9,13H2,1-7H3. The molecule has 0 unspecified atom stereocenters. The van der Waals surface area contributed by atoms with Crippen LogP contribution in [0.25, 0.3) is 0 Å². The summed E-state index contributed by atoms with van der Waals surface area (Å²) < 4.78 is 0. The van der Waals surface area contributed by atoms with Crippen LogP contribution in [0.5, 0.6) is 0 Å². The van der Waals surface area contributed by atoms with Gasteiger partial charge in [0.15, 0.2) is 0 Å². The lowest BCUT2D eigenvalue weighted by Crippen LogP contribution is -2.55. The lowest BCUT2D eigenvalue weighted by atomic mass is 9.85. The molecule has 0 aromatic rings. The molecule has 3 N–H and O–H groups in total. The first-order chi connectivity index (χ1) is 5.97. The SMILES string of the molecule is CCC(C)(C)NC(C)(C)CC(C)(C)N. The van der Waals surface area contributed by atoms with Gasteiger partial charge in [-0.15, -0.1) is 0 Å². The summed E-state index contributed by atoms with van der Waals surface area (Å²) in [5, 5.41) is 3.66. The predicted molar refractivity (Wildman–Crippen MR) is 64.5 cm³/mol. The fourth-order valence-electron chi connectivity index (χ4n) is 2.19. The van der Waals surface area contributed by atoms with Crippen molar-refractivity contribution in [2.75, 3.05) is 0 Å². The molecule has 0 aromatic heterocycles. The van der Waals surface area contributed by atoms with Gasteiger partial charge in [-0.2, -0.15) is 0 Å². The molecule has 0 aliphatic carbocycles. The van der Waals surface area contributed by atoms with Crippen molar-refractivity contribution in [3.63, 3.8) is 0 Å². The van der Waals surface area contributed by atoms with Crippen molar-refractivity contribution in [2.45, 2.75) is 77.9 Å². The van der Waals surface area contributed by atoms with Crippen LogP contribution < -0.4 is 11.1 Å². The zero-order chi connectivity index (χ0) is 11.6. The minimum atomic E-state index is -0.111. The van der Waals surface area contributed by atoms with Gasteiger partial charge in [0.25, 0.3) is 0 Å². The van der Waals surface area contributed by atoms with Crippen molar-refractivity contribution in [2.24, 2.45) is 5.73 Å². The molecule has 0 amide bonds. The van der Waals surface area contributed by atoms with Crippen molar-refractivity contribution in [1.29, 1.82) is 0 Å². The average molecular weight is 200 g/mol. The van der Waals surface area contributed by atoms with Gasteiger partial charge in [-0.3, -0.25) is 0 Å². The molecule has 2 heteroatoms. The molecule has 0 saturated heterocycles. The predicted octanol–water partition coefficient (Wildman–Crippen LogP) is 2.67. The highest BCUT2D eigenvalue weighted by Crippen LogP contribution is 2.22. The van der Waals surface area contributed by atoms with Crippen LogP contribution in [0.2, 0.25) is 0 Å². The Kier molecular flexibility index (Phi) is 4.17. The Morgan fingerprint density at radius 1 is 0.929 bits per heavy atom. The Labute approximate surface area is 89.6 Å². The van der Waals surface area contributed by atoms with E-state index >= 15 is 0 Å². The topological polar surface area (TPSA) is 38.0 Å². The molecule has 0 atom stereocenters. The maximum atomic E-state index is 6.04. The molecule has 86 valence electrons. The first-order valence-electron chi connectivity index (χ1n) is 5.56. The fourth-order valence-corrected chi connectivity index (χ4v) is 2.19. The third-order valence-corrected chi connectivity index (χ3v) is 2.46. The summed E-state index contributed by atoms with van der Waals surface area (Å²) in [6, 6.07) is 0. The van der Waals surface area contributed by atoms with E-state index in [1.165, 1.54) is 0 Å². The van der Waals surface area contributed by atoms with E-state index in [1.54, 1.807) is 0 Å². The van der Waals surface area contributed by atoms with Crippen molar-refractivity contribution < 1.29 is 0 Å². The van der Waals surface area contributed by atoms with Crippen LogP contribution in [0.15, 0.2) is 0 Å². The largest absolute Gasteiger partial charge is 0.325 e. The summed E-state index contributed by atoms with van der Waals surface area (Å²) in [4.78, 5) is 0. The van der Waals surface area contributed by atoms with Gasteiger partial charge in [-0.25, -0.2) is 0 Å². The van der Waals surface area contributed by atoms with E-state index in [9.17, 15) is 0 Å². The van der Waals surface area contributed by atoms with Gasteiger partial charge in [0.2, 0.25) is 0 Å². The summed E-state index contributed by atoms with van der Waals surface area (Å²) >= 11 is 0. The van der Waals surface area contributed by atoms with Crippen molar-refractivity contribution in [3.8, 4) is 0 Å². The van der Waals surface area contributed by atoms with Crippen molar-refractivity contribution >= 4 is 0 Å². The van der Waals surface area contributed by atoms with Crippen LogP contribution in [0.4, 0.5) is 0 Å². The quantitative estimate of drug-likeness (QED) is 0.716. The number of nitrogens with one attached hydrogen (secondary N) is 1. The molecule has 0 aromatic carbocycles. The van der Waals surface area contributed by atoms with Gasteiger partial charge in [-0.05, 0) is 54.4 Å². The fraction of sp³-hybridized carbons (Fsp3) is 1.00. The zero-order valence-corrected chi connectivity index (χ0v) is 11.0. The number of rotatable bonds is 5. The summed E-state index contributed by atoms with van der Waals surface area (Å²) in [6.45, 7) is 15.3. The average Bonchev–Trinajstić information content (AvgIpc) is 1.78. The van der Waals surface area contributed by atoms with E-state index in [4.69, 9.17) is 5.73 Å². The molecule has 0 spiro atoms. The van der Waals surface area contributed by atoms with E-state index in [0.717, 1.165) is 12.8 Å². The molecule has 0 rings (SSSR count). The van der Waals surface area contributed by atoms with Crippen LogP contribution in [0.1, 0.15) is 61.3 Å². The highest BCUT2D eigenvalue weighted by atomic mass is 15.0. The van der Waals surface area contributed by atoms with E-state index in [1.807, 2.05) is 0 Å². The Morgan fingerprint density at radius 3 is 1.64 bits per heavy atom. The third kappa shape index (κ3) is 6.39. The first kappa shape index (κ1) is 13.9. The van der Waals surface area contributed by atoms with E-state index in [0.29, 0.717) is 0 Å². The lowest BCUT2D eigenvalue weighted by Gasteiger charge is -2.40. The highest BCUT2D eigenvalue weighted by molar-refractivity contribution is 4.92. The molecule has 0 fully saturated rings. The molecule has 0 aliphatic heterocycles. The second-order valence-electron chi connectivity index (χ2n) is 6.41. The normalized spacial score (nSPS) is 14.6. The monoisotopic (exact) mass is 200 g/mol. The van der Waals surface area contributed by atoms with Gasteiger partial charge in [0.1, 0.15) is 0 Å². The van der Waals surface area contributed by atoms with E-state index in [2.05, 4.69) is 53.8 Å². The van der Waals surface area contributed by atoms with Gasteiger partial charge in [-0.1, -0.05) is 6.92 Å². The summed E-state index contributed by atoms with van der Waals surface area (Å²) in [7, 11) is 0. The maximum Gasteiger partial charge on any atom is 0.0147 e. The second-order valence-corrected chi connectivity index (χ2v) is 6.41. The Hall–Kier alpha value is -0.0800. The molecule has 2 nitrogen and oxygen atoms in total. The molecule has 0 heterocycles. The lowest BCUT2D eigenvalue weighted by molar-refractivity contribution is 0.214. The molecule has 14 heavy (non-hydrogen) atoms. The van der Waals surface area contributed by atoms with Gasteiger partial charge < -0.3 is 11.1 Å². The highest BCUT2D eigenvalue weighted by Gasteiger charge is 2.30. The van der Waals surface area contributed by atoms with Crippen molar-refractivity contribution in [1.82, 2.24) is 5.32 Å². The zero-order valence-electron chi connectivity index (χ0n) is 11.0. The van der Waals surface area contributed by atoms with E-state index in [-0.39, 0.29) is 16.6 Å². The minimum absolute atomic E-state index is 0.0950. The van der Waals surface area contributed by atoms with E-state index < -0.39 is 0 Å². The van der Waals surface area contributed by atoms with Gasteiger partial charge in [0, 0.05) is 16.6 Å². The van der Waals surface area contributed by atoms with Crippen LogP contribution in [0.3, 0.4) is 0 Å². The molecule has 0 bridgehead atoms. The Bertz CT molecular complexity index is 175. The first-order valence-corrected chi connectivity index (χ1v) is 5.56.